The summed E-state index contributed by atoms with van der Waals surface area (Å²) in [5.74, 6) is 1.64. The normalized spacial score (nSPS) is 15.0. The Morgan fingerprint density at radius 2 is 1.93 bits per heavy atom. The van der Waals surface area contributed by atoms with Gasteiger partial charge in [0.15, 0.2) is 0 Å². The third-order valence-electron chi connectivity index (χ3n) is 6.97. The highest BCUT2D eigenvalue weighted by Crippen LogP contribution is 2.30. The van der Waals surface area contributed by atoms with Crippen molar-refractivity contribution >= 4 is 17.7 Å². The van der Waals surface area contributed by atoms with Crippen molar-refractivity contribution in [3.63, 3.8) is 0 Å². The van der Waals surface area contributed by atoms with Crippen LogP contribution in [0.25, 0.3) is 5.82 Å². The highest BCUT2D eigenvalue weighted by Gasteiger charge is 2.30. The molecule has 1 aliphatic carbocycles. The van der Waals surface area contributed by atoms with E-state index in [4.69, 9.17) is 4.74 Å². The van der Waals surface area contributed by atoms with Crippen LogP contribution in [0, 0.1) is 5.92 Å². The van der Waals surface area contributed by atoms with E-state index >= 15 is 0 Å². The second-order valence-electron chi connectivity index (χ2n) is 10.0. The number of carbonyl (C=O) groups is 1. The molecule has 3 N–H and O–H groups in total. The fraction of sp³-hybridized carbons (Fsp3) is 0.500. The summed E-state index contributed by atoms with van der Waals surface area (Å²) in [5, 5.41) is 9.44. The minimum absolute atomic E-state index is 0.121. The van der Waals surface area contributed by atoms with Crippen LogP contribution in [-0.4, -0.2) is 51.7 Å². The number of benzene rings is 1. The molecule has 4 rings (SSSR count). The third-order valence-corrected chi connectivity index (χ3v) is 6.97. The van der Waals surface area contributed by atoms with Crippen LogP contribution in [0.15, 0.2) is 49.1 Å². The number of aromatic nitrogens is 4. The van der Waals surface area contributed by atoms with E-state index in [-0.39, 0.29) is 12.5 Å². The first-order chi connectivity index (χ1) is 19.3. The van der Waals surface area contributed by atoms with Crippen molar-refractivity contribution in [3.05, 3.63) is 60.2 Å². The van der Waals surface area contributed by atoms with Gasteiger partial charge in [-0.1, -0.05) is 44.2 Å². The quantitative estimate of drug-likeness (QED) is 0.247. The second-order valence-corrected chi connectivity index (χ2v) is 10.0. The van der Waals surface area contributed by atoms with Crippen LogP contribution in [-0.2, 0) is 22.3 Å². The molecule has 2 aromatic heterocycles. The van der Waals surface area contributed by atoms with Gasteiger partial charge in [0, 0.05) is 45.3 Å². The fourth-order valence-electron chi connectivity index (χ4n) is 4.82. The Bertz CT molecular complexity index is 1200. The Balaban J connectivity index is 1.50. The van der Waals surface area contributed by atoms with Crippen molar-refractivity contribution in [1.29, 1.82) is 0 Å². The zero-order valence-electron chi connectivity index (χ0n) is 22.6. The summed E-state index contributed by atoms with van der Waals surface area (Å²) in [6.45, 7) is 1.33. The number of hydrogen-bond donors (Lipinski definition) is 3. The maximum atomic E-state index is 13.4. The molecule has 1 fully saturated rings. The van der Waals surface area contributed by atoms with Crippen LogP contribution < -0.4 is 16.0 Å². The van der Waals surface area contributed by atoms with Crippen molar-refractivity contribution in [1.82, 2.24) is 24.8 Å². The fourth-order valence-corrected chi connectivity index (χ4v) is 4.82. The number of nitrogens with one attached hydrogen (secondary N) is 3. The predicted molar refractivity (Wildman–Crippen MR) is 146 cm³/mol. The van der Waals surface area contributed by atoms with E-state index in [0.717, 1.165) is 44.2 Å². The molecule has 1 aliphatic rings. The van der Waals surface area contributed by atoms with E-state index in [9.17, 15) is 18.0 Å². The minimum Gasteiger partial charge on any atom is -0.385 e. The summed E-state index contributed by atoms with van der Waals surface area (Å²) in [7, 11) is 1.65. The zero-order chi connectivity index (χ0) is 28.4. The Kier molecular flexibility index (Phi) is 10.3. The van der Waals surface area contributed by atoms with Crippen LogP contribution in [0.1, 0.15) is 56.1 Å². The number of amides is 1. The first-order valence-corrected chi connectivity index (χ1v) is 13.6. The molecule has 1 unspecified atom stereocenters. The summed E-state index contributed by atoms with van der Waals surface area (Å²) < 4.78 is 45.6. The van der Waals surface area contributed by atoms with Crippen molar-refractivity contribution in [3.8, 4) is 5.82 Å². The van der Waals surface area contributed by atoms with Gasteiger partial charge in [-0.05, 0) is 36.5 Å². The van der Waals surface area contributed by atoms with E-state index in [1.54, 1.807) is 36.5 Å². The Morgan fingerprint density at radius 1 is 1.15 bits per heavy atom. The number of rotatable bonds is 13. The predicted octanol–water partition coefficient (Wildman–Crippen LogP) is 5.20. The van der Waals surface area contributed by atoms with E-state index in [2.05, 4.69) is 30.9 Å². The molecule has 12 heteroatoms. The number of halogens is 3. The standard InChI is InChI=1S/C28H36F3N7O2/c1-40-15-5-12-33-27-36-24(17-25(37-27)38-14-13-32-19-38)35-23(16-20-6-3-2-4-7-20)26(39)34-18-21-8-10-22(11-9-21)28(29,30)31/h8-11,13-14,17,19-20,23H,2-7,12,15-16,18H2,1H3,(H,34,39)(H2,33,35,36,37). The van der Waals surface area contributed by atoms with Gasteiger partial charge >= 0.3 is 6.18 Å². The molecular weight excluding hydrogens is 523 g/mol. The molecule has 1 amide bonds. The summed E-state index contributed by atoms with van der Waals surface area (Å²) in [6.07, 6.45) is 7.65. The molecule has 1 aromatic carbocycles. The minimum atomic E-state index is -4.40. The van der Waals surface area contributed by atoms with Crippen LogP contribution in [0.2, 0.25) is 0 Å². The average Bonchev–Trinajstić information content (AvgIpc) is 3.49. The molecule has 40 heavy (non-hydrogen) atoms. The van der Waals surface area contributed by atoms with Gasteiger partial charge in [-0.2, -0.15) is 23.1 Å². The lowest BCUT2D eigenvalue weighted by atomic mass is 9.84. The van der Waals surface area contributed by atoms with Gasteiger partial charge in [-0.15, -0.1) is 0 Å². The number of hydrogen-bond acceptors (Lipinski definition) is 7. The largest absolute Gasteiger partial charge is 0.416 e. The molecule has 0 radical (unpaired) electrons. The molecule has 216 valence electrons. The smallest absolute Gasteiger partial charge is 0.385 e. The number of methoxy groups -OCH3 is 1. The maximum absolute atomic E-state index is 13.4. The SMILES string of the molecule is COCCCNc1nc(NC(CC2CCCCC2)C(=O)NCc2ccc(C(F)(F)F)cc2)cc(-n2ccnc2)n1. The molecule has 9 nitrogen and oxygen atoms in total. The maximum Gasteiger partial charge on any atom is 0.416 e. The number of alkyl halides is 3. The van der Waals surface area contributed by atoms with Gasteiger partial charge in [-0.25, -0.2) is 4.98 Å². The number of ether oxygens (including phenoxy) is 1. The first-order valence-electron chi connectivity index (χ1n) is 13.6. The van der Waals surface area contributed by atoms with Gasteiger partial charge in [0.2, 0.25) is 11.9 Å². The molecule has 1 atom stereocenters. The lowest BCUT2D eigenvalue weighted by Crippen LogP contribution is -2.41. The first kappa shape index (κ1) is 29.3. The van der Waals surface area contributed by atoms with Crippen molar-refractivity contribution in [2.75, 3.05) is 30.9 Å². The summed E-state index contributed by atoms with van der Waals surface area (Å²) >= 11 is 0. The van der Waals surface area contributed by atoms with Crippen molar-refractivity contribution in [2.45, 2.75) is 63.7 Å². The summed E-state index contributed by atoms with van der Waals surface area (Å²) in [5.41, 5.74) is -0.131. The number of nitrogens with zero attached hydrogens (tertiary/aromatic N) is 4. The second kappa shape index (κ2) is 14.1. The van der Waals surface area contributed by atoms with E-state index in [1.807, 2.05) is 0 Å². The highest BCUT2D eigenvalue weighted by molar-refractivity contribution is 5.84. The van der Waals surface area contributed by atoms with Crippen LogP contribution >= 0.6 is 0 Å². The Labute approximate surface area is 232 Å². The summed E-state index contributed by atoms with van der Waals surface area (Å²) in [6, 6.07) is 6.01. The highest BCUT2D eigenvalue weighted by atomic mass is 19.4. The zero-order valence-corrected chi connectivity index (χ0v) is 22.6. The topological polar surface area (TPSA) is 106 Å². The van der Waals surface area contributed by atoms with E-state index < -0.39 is 17.8 Å². The monoisotopic (exact) mass is 559 g/mol. The van der Waals surface area contributed by atoms with Gasteiger partial charge in [0.25, 0.3) is 0 Å². The number of anilines is 2. The van der Waals surface area contributed by atoms with Gasteiger partial charge in [0.1, 0.15) is 24.0 Å². The molecule has 0 saturated heterocycles. The number of carbonyl (C=O) groups excluding carboxylic acids is 1. The van der Waals surface area contributed by atoms with Crippen molar-refractivity contribution < 1.29 is 22.7 Å². The molecule has 3 aromatic rings. The lowest BCUT2D eigenvalue weighted by molar-refractivity contribution is -0.137. The average molecular weight is 560 g/mol. The molecule has 1 saturated carbocycles. The van der Waals surface area contributed by atoms with Gasteiger partial charge in [0.05, 0.1) is 5.56 Å². The van der Waals surface area contributed by atoms with Gasteiger partial charge in [-0.3, -0.25) is 9.36 Å². The van der Waals surface area contributed by atoms with Crippen LogP contribution in [0.4, 0.5) is 24.9 Å². The molecule has 0 aliphatic heterocycles. The molecule has 0 bridgehead atoms. The Morgan fingerprint density at radius 3 is 2.60 bits per heavy atom. The molecule has 0 spiro atoms. The third kappa shape index (κ3) is 8.67. The van der Waals surface area contributed by atoms with E-state index in [1.165, 1.54) is 18.6 Å². The number of imidazole rings is 1. The lowest BCUT2D eigenvalue weighted by Gasteiger charge is -2.27. The molecule has 2 heterocycles. The van der Waals surface area contributed by atoms with Crippen LogP contribution in [0.5, 0.6) is 0 Å². The van der Waals surface area contributed by atoms with Crippen molar-refractivity contribution in [2.24, 2.45) is 5.92 Å². The Hall–Kier alpha value is -3.67. The summed E-state index contributed by atoms with van der Waals surface area (Å²) in [4.78, 5) is 26.7. The van der Waals surface area contributed by atoms with Gasteiger partial charge < -0.3 is 20.7 Å². The van der Waals surface area contributed by atoms with E-state index in [0.29, 0.717) is 48.6 Å². The van der Waals surface area contributed by atoms with Crippen LogP contribution in [0.3, 0.4) is 0 Å². The molecular formula is C28H36F3N7O2.